The van der Waals surface area contributed by atoms with Crippen LogP contribution in [0.4, 0.5) is 4.79 Å². The molecular formula is C24H34ClN3O5. The van der Waals surface area contributed by atoms with Gasteiger partial charge in [-0.25, -0.2) is 9.59 Å². The predicted octanol–water partition coefficient (Wildman–Crippen LogP) is 2.70. The highest BCUT2D eigenvalue weighted by molar-refractivity contribution is 6.30. The quantitative estimate of drug-likeness (QED) is 0.657. The average molecular weight is 480 g/mol. The smallest absolute Gasteiger partial charge is 0.333 e. The van der Waals surface area contributed by atoms with Crippen LogP contribution in [0.15, 0.2) is 12.1 Å². The highest BCUT2D eigenvalue weighted by Gasteiger charge is 2.47. The molecule has 0 bridgehead atoms. The summed E-state index contributed by atoms with van der Waals surface area (Å²) < 4.78 is 17.1. The second kappa shape index (κ2) is 9.41. The van der Waals surface area contributed by atoms with Gasteiger partial charge < -0.3 is 24.0 Å². The van der Waals surface area contributed by atoms with Crippen LogP contribution in [0.25, 0.3) is 0 Å². The van der Waals surface area contributed by atoms with Crippen LogP contribution in [-0.2, 0) is 37.5 Å². The van der Waals surface area contributed by atoms with Crippen molar-refractivity contribution in [1.82, 2.24) is 15.1 Å². The van der Waals surface area contributed by atoms with Crippen LogP contribution in [0, 0.1) is 0 Å². The zero-order valence-corrected chi connectivity index (χ0v) is 20.7. The number of urea groups is 1. The Kier molecular flexibility index (Phi) is 6.92. The molecule has 1 N–H and O–H groups in total. The normalized spacial score (nSPS) is 26.0. The van der Waals surface area contributed by atoms with Gasteiger partial charge in [-0.05, 0) is 62.9 Å². The van der Waals surface area contributed by atoms with Gasteiger partial charge in [-0.1, -0.05) is 11.6 Å². The summed E-state index contributed by atoms with van der Waals surface area (Å²) >= 11 is 6.52. The van der Waals surface area contributed by atoms with Crippen LogP contribution < -0.4 is 5.32 Å². The number of benzene rings is 1. The number of halogens is 1. The van der Waals surface area contributed by atoms with E-state index in [0.717, 1.165) is 16.7 Å². The summed E-state index contributed by atoms with van der Waals surface area (Å²) in [5.41, 5.74) is 0.872. The largest absolute Gasteiger partial charge is 0.458 e. The Morgan fingerprint density at radius 2 is 2.00 bits per heavy atom. The van der Waals surface area contributed by atoms with E-state index in [2.05, 4.69) is 5.32 Å². The van der Waals surface area contributed by atoms with E-state index in [4.69, 9.17) is 25.8 Å². The molecule has 1 aromatic rings. The number of morpholine rings is 2. The SMILES string of the molecule is C[C@H]1COCCN1C(=O)N1CCc2cc(Cl)cc([C@]3(C(=O)OC(C)(C)C)COCCN3)c2C1. The lowest BCUT2D eigenvalue weighted by molar-refractivity contribution is -0.169. The van der Waals surface area contributed by atoms with Crippen LogP contribution in [0.1, 0.15) is 44.4 Å². The Balaban J connectivity index is 1.71. The number of amides is 2. The molecule has 3 aliphatic rings. The van der Waals surface area contributed by atoms with Crippen molar-refractivity contribution in [3.05, 3.63) is 33.8 Å². The molecule has 8 nitrogen and oxygen atoms in total. The number of hydrogen-bond donors (Lipinski definition) is 1. The van der Waals surface area contributed by atoms with Crippen molar-refractivity contribution in [2.24, 2.45) is 0 Å². The molecule has 1 aromatic carbocycles. The van der Waals surface area contributed by atoms with Gasteiger partial charge in [-0.15, -0.1) is 0 Å². The lowest BCUT2D eigenvalue weighted by Crippen LogP contribution is -2.59. The second-order valence-corrected chi connectivity index (χ2v) is 10.5. The molecule has 2 saturated heterocycles. The third-order valence-corrected chi connectivity index (χ3v) is 6.61. The van der Waals surface area contributed by atoms with Gasteiger partial charge in [0.2, 0.25) is 0 Å². The van der Waals surface area contributed by atoms with Crippen LogP contribution in [0.5, 0.6) is 0 Å². The second-order valence-electron chi connectivity index (χ2n) is 10.0. The number of hydrogen-bond acceptors (Lipinski definition) is 6. The molecular weight excluding hydrogens is 446 g/mol. The molecule has 0 spiro atoms. The van der Waals surface area contributed by atoms with Crippen molar-refractivity contribution in [2.75, 3.05) is 46.1 Å². The number of fused-ring (bicyclic) bond motifs is 1. The maximum Gasteiger partial charge on any atom is 0.333 e. The minimum atomic E-state index is -1.18. The van der Waals surface area contributed by atoms with Gasteiger partial charge in [0.1, 0.15) is 5.60 Å². The van der Waals surface area contributed by atoms with E-state index in [1.165, 1.54) is 0 Å². The standard InChI is InChI=1S/C24H34ClN3O5/c1-16-14-31-10-8-28(16)22(30)27-7-5-17-11-18(25)12-20(19(17)13-27)24(15-32-9-6-26-24)21(29)33-23(2,3)4/h11-12,16,26H,5-10,13-15H2,1-4H3/t16-,24-/m0/s1. The van der Waals surface area contributed by atoms with Gasteiger partial charge in [0.05, 0.1) is 32.5 Å². The number of ether oxygens (including phenoxy) is 3. The molecule has 9 heteroatoms. The molecule has 2 amide bonds. The van der Waals surface area contributed by atoms with E-state index < -0.39 is 17.1 Å². The molecule has 3 heterocycles. The zero-order chi connectivity index (χ0) is 23.8. The van der Waals surface area contributed by atoms with Crippen molar-refractivity contribution in [2.45, 2.75) is 57.8 Å². The molecule has 2 atom stereocenters. The van der Waals surface area contributed by atoms with Gasteiger partial charge in [-0.2, -0.15) is 0 Å². The minimum absolute atomic E-state index is 0.00322. The van der Waals surface area contributed by atoms with Gasteiger partial charge in [0, 0.05) is 31.2 Å². The summed E-state index contributed by atoms with van der Waals surface area (Å²) in [5, 5.41) is 3.93. The van der Waals surface area contributed by atoms with Crippen molar-refractivity contribution < 1.29 is 23.8 Å². The topological polar surface area (TPSA) is 80.3 Å². The number of nitrogens with zero attached hydrogens (tertiary/aromatic N) is 2. The molecule has 0 aromatic heterocycles. The van der Waals surface area contributed by atoms with Crippen LogP contribution in [0.3, 0.4) is 0 Å². The first-order valence-corrected chi connectivity index (χ1v) is 12.0. The summed E-state index contributed by atoms with van der Waals surface area (Å²) in [4.78, 5) is 30.6. The summed E-state index contributed by atoms with van der Waals surface area (Å²) in [6.45, 7) is 11.4. The lowest BCUT2D eigenvalue weighted by Gasteiger charge is -2.42. The molecule has 0 saturated carbocycles. The molecule has 3 aliphatic heterocycles. The van der Waals surface area contributed by atoms with Crippen LogP contribution in [0.2, 0.25) is 5.02 Å². The number of nitrogens with one attached hydrogen (secondary N) is 1. The monoisotopic (exact) mass is 479 g/mol. The average Bonchev–Trinajstić information content (AvgIpc) is 2.77. The Morgan fingerprint density at radius 3 is 2.67 bits per heavy atom. The fraction of sp³-hybridized carbons (Fsp3) is 0.667. The van der Waals surface area contributed by atoms with Crippen LogP contribution >= 0.6 is 11.6 Å². The molecule has 2 fully saturated rings. The Morgan fingerprint density at radius 1 is 1.21 bits per heavy atom. The molecule has 4 rings (SSSR count). The third kappa shape index (κ3) is 4.99. The van der Waals surface area contributed by atoms with E-state index in [-0.39, 0.29) is 18.7 Å². The molecule has 0 unspecified atom stereocenters. The Bertz CT molecular complexity index is 910. The first kappa shape index (κ1) is 24.3. The Hall–Kier alpha value is -1.87. The van der Waals surface area contributed by atoms with Crippen molar-refractivity contribution in [3.8, 4) is 0 Å². The lowest BCUT2D eigenvalue weighted by atomic mass is 9.82. The number of rotatable bonds is 2. The van der Waals surface area contributed by atoms with E-state index in [1.807, 2.05) is 49.6 Å². The fourth-order valence-corrected chi connectivity index (χ4v) is 5.00. The van der Waals surface area contributed by atoms with Crippen LogP contribution in [-0.4, -0.2) is 79.5 Å². The van der Waals surface area contributed by atoms with E-state index in [1.54, 1.807) is 0 Å². The summed E-state index contributed by atoms with van der Waals surface area (Å²) in [6.07, 6.45) is 0.665. The third-order valence-electron chi connectivity index (χ3n) is 6.39. The first-order chi connectivity index (χ1) is 15.6. The molecule has 33 heavy (non-hydrogen) atoms. The van der Waals surface area contributed by atoms with Gasteiger partial charge >= 0.3 is 12.0 Å². The van der Waals surface area contributed by atoms with Crippen molar-refractivity contribution in [1.29, 1.82) is 0 Å². The molecule has 0 radical (unpaired) electrons. The fourth-order valence-electron chi connectivity index (χ4n) is 4.76. The minimum Gasteiger partial charge on any atom is -0.458 e. The van der Waals surface area contributed by atoms with E-state index in [0.29, 0.717) is 57.4 Å². The molecule has 0 aliphatic carbocycles. The zero-order valence-electron chi connectivity index (χ0n) is 19.9. The maximum atomic E-state index is 13.5. The van der Waals surface area contributed by atoms with E-state index >= 15 is 0 Å². The maximum absolute atomic E-state index is 13.5. The number of carbonyl (C=O) groups excluding carboxylic acids is 2. The predicted molar refractivity (Wildman–Crippen MR) is 124 cm³/mol. The summed E-state index contributed by atoms with van der Waals surface area (Å²) in [6, 6.07) is 3.78. The highest BCUT2D eigenvalue weighted by atomic mass is 35.5. The highest BCUT2D eigenvalue weighted by Crippen LogP contribution is 2.37. The van der Waals surface area contributed by atoms with Gasteiger partial charge in [-0.3, -0.25) is 5.32 Å². The van der Waals surface area contributed by atoms with E-state index in [9.17, 15) is 9.59 Å². The van der Waals surface area contributed by atoms with Crippen molar-refractivity contribution in [3.63, 3.8) is 0 Å². The summed E-state index contributed by atoms with van der Waals surface area (Å²) in [5.74, 6) is -0.399. The van der Waals surface area contributed by atoms with Gasteiger partial charge in [0.15, 0.2) is 5.54 Å². The first-order valence-electron chi connectivity index (χ1n) is 11.6. The number of esters is 1. The number of carbonyl (C=O) groups is 2. The van der Waals surface area contributed by atoms with Crippen molar-refractivity contribution >= 4 is 23.6 Å². The van der Waals surface area contributed by atoms with Gasteiger partial charge in [0.25, 0.3) is 0 Å². The Labute approximate surface area is 200 Å². The molecule has 182 valence electrons. The summed E-state index contributed by atoms with van der Waals surface area (Å²) in [7, 11) is 0.